The van der Waals surface area contributed by atoms with E-state index >= 15 is 0 Å². The van der Waals surface area contributed by atoms with E-state index < -0.39 is 0 Å². The molecular weight excluding hydrogens is 206 g/mol. The fraction of sp³-hybridized carbons (Fsp3) is 0.909. The molecule has 1 aliphatic heterocycles. The highest BCUT2D eigenvalue weighted by Gasteiger charge is 2.29. The minimum absolute atomic E-state index is 0.0719. The topological polar surface area (TPSA) is 53.6 Å². The standard InChI is InChI=1S/C11H21N3O2/c1-2-16-10-7-9(8-10)12-3-5-14-6-4-13-11(14)15/h9-10,12H,2-8H2,1H3,(H,13,15). The molecule has 1 aliphatic carbocycles. The van der Waals surface area contributed by atoms with Gasteiger partial charge in [-0.25, -0.2) is 4.79 Å². The van der Waals surface area contributed by atoms with Gasteiger partial charge in [-0.05, 0) is 19.8 Å². The number of nitrogens with one attached hydrogen (secondary N) is 2. The smallest absolute Gasteiger partial charge is 0.317 e. The van der Waals surface area contributed by atoms with Crippen LogP contribution in [-0.2, 0) is 4.74 Å². The first-order chi connectivity index (χ1) is 7.79. The Bertz CT molecular complexity index is 241. The Hall–Kier alpha value is -0.810. The largest absolute Gasteiger partial charge is 0.378 e. The number of ether oxygens (including phenoxy) is 1. The summed E-state index contributed by atoms with van der Waals surface area (Å²) in [5, 5.41) is 6.25. The van der Waals surface area contributed by atoms with Gasteiger partial charge in [-0.15, -0.1) is 0 Å². The van der Waals surface area contributed by atoms with Gasteiger partial charge in [0.05, 0.1) is 6.10 Å². The number of nitrogens with zero attached hydrogens (tertiary/aromatic N) is 1. The van der Waals surface area contributed by atoms with Gasteiger partial charge in [0, 0.05) is 38.8 Å². The van der Waals surface area contributed by atoms with Crippen molar-refractivity contribution in [3.63, 3.8) is 0 Å². The summed E-state index contributed by atoms with van der Waals surface area (Å²) in [5.74, 6) is 0. The average Bonchev–Trinajstić information content (AvgIpc) is 2.60. The Morgan fingerprint density at radius 2 is 2.38 bits per heavy atom. The molecule has 16 heavy (non-hydrogen) atoms. The minimum Gasteiger partial charge on any atom is -0.378 e. The molecule has 2 rings (SSSR count). The zero-order chi connectivity index (χ0) is 11.4. The Kier molecular flexibility index (Phi) is 4.01. The summed E-state index contributed by atoms with van der Waals surface area (Å²) in [4.78, 5) is 13.1. The monoisotopic (exact) mass is 227 g/mol. The first kappa shape index (κ1) is 11.7. The normalized spacial score (nSPS) is 29.1. The Labute approximate surface area is 96.5 Å². The summed E-state index contributed by atoms with van der Waals surface area (Å²) in [6.45, 7) is 6.16. The summed E-state index contributed by atoms with van der Waals surface area (Å²) in [6, 6.07) is 0.657. The van der Waals surface area contributed by atoms with E-state index in [1.165, 1.54) is 0 Å². The molecule has 0 aromatic heterocycles. The molecule has 0 bridgehead atoms. The first-order valence-electron chi connectivity index (χ1n) is 6.17. The van der Waals surface area contributed by atoms with E-state index in [-0.39, 0.29) is 6.03 Å². The second kappa shape index (κ2) is 5.50. The van der Waals surface area contributed by atoms with Crippen LogP contribution in [-0.4, -0.2) is 55.9 Å². The van der Waals surface area contributed by atoms with Crippen molar-refractivity contribution in [2.24, 2.45) is 0 Å². The van der Waals surface area contributed by atoms with Crippen LogP contribution in [0.5, 0.6) is 0 Å². The number of carbonyl (C=O) groups excluding carboxylic acids is 1. The molecule has 0 radical (unpaired) electrons. The molecule has 92 valence electrons. The van der Waals surface area contributed by atoms with E-state index in [2.05, 4.69) is 10.6 Å². The van der Waals surface area contributed by atoms with E-state index in [1.807, 2.05) is 11.8 Å². The van der Waals surface area contributed by atoms with E-state index in [4.69, 9.17) is 4.74 Å². The van der Waals surface area contributed by atoms with Gasteiger partial charge >= 0.3 is 6.03 Å². The molecule has 5 nitrogen and oxygen atoms in total. The zero-order valence-electron chi connectivity index (χ0n) is 9.87. The van der Waals surface area contributed by atoms with Crippen LogP contribution in [0.2, 0.25) is 0 Å². The molecule has 2 amide bonds. The summed E-state index contributed by atoms with van der Waals surface area (Å²) in [6.07, 6.45) is 2.68. The lowest BCUT2D eigenvalue weighted by molar-refractivity contribution is -0.00991. The highest BCUT2D eigenvalue weighted by Crippen LogP contribution is 2.22. The van der Waals surface area contributed by atoms with Gasteiger partial charge in [-0.1, -0.05) is 0 Å². The van der Waals surface area contributed by atoms with Gasteiger partial charge in [-0.2, -0.15) is 0 Å². The predicted octanol–water partition coefficient (Wildman–Crippen LogP) is 0.169. The van der Waals surface area contributed by atoms with Crippen LogP contribution in [0.3, 0.4) is 0 Å². The van der Waals surface area contributed by atoms with Crippen molar-refractivity contribution < 1.29 is 9.53 Å². The molecule has 0 aromatic carbocycles. The first-order valence-corrected chi connectivity index (χ1v) is 6.17. The van der Waals surface area contributed by atoms with Crippen LogP contribution >= 0.6 is 0 Å². The Morgan fingerprint density at radius 1 is 1.56 bits per heavy atom. The summed E-state index contributed by atoms with van der Waals surface area (Å²) < 4.78 is 5.49. The highest BCUT2D eigenvalue weighted by molar-refractivity contribution is 5.76. The van der Waals surface area contributed by atoms with Crippen LogP contribution in [0.15, 0.2) is 0 Å². The fourth-order valence-corrected chi connectivity index (χ4v) is 2.23. The second-order valence-electron chi connectivity index (χ2n) is 4.42. The predicted molar refractivity (Wildman–Crippen MR) is 61.4 cm³/mol. The van der Waals surface area contributed by atoms with Crippen molar-refractivity contribution in [2.75, 3.05) is 32.8 Å². The van der Waals surface area contributed by atoms with Crippen molar-refractivity contribution in [1.82, 2.24) is 15.5 Å². The maximum absolute atomic E-state index is 11.2. The maximum Gasteiger partial charge on any atom is 0.317 e. The molecule has 0 atom stereocenters. The van der Waals surface area contributed by atoms with Gasteiger partial charge in [-0.3, -0.25) is 0 Å². The van der Waals surface area contributed by atoms with Crippen LogP contribution in [0.25, 0.3) is 0 Å². The number of hydrogen-bond donors (Lipinski definition) is 2. The fourth-order valence-electron chi connectivity index (χ4n) is 2.23. The van der Waals surface area contributed by atoms with Crippen molar-refractivity contribution in [3.8, 4) is 0 Å². The van der Waals surface area contributed by atoms with Crippen LogP contribution in [0.4, 0.5) is 4.79 Å². The van der Waals surface area contributed by atoms with E-state index in [0.717, 1.165) is 45.6 Å². The average molecular weight is 227 g/mol. The number of urea groups is 1. The molecule has 2 fully saturated rings. The van der Waals surface area contributed by atoms with E-state index in [1.54, 1.807) is 0 Å². The summed E-state index contributed by atoms with van der Waals surface area (Å²) in [7, 11) is 0. The quantitative estimate of drug-likeness (QED) is 0.680. The van der Waals surface area contributed by atoms with E-state index in [0.29, 0.717) is 12.1 Å². The molecule has 2 aliphatic rings. The third-order valence-electron chi connectivity index (χ3n) is 3.26. The minimum atomic E-state index is 0.0719. The molecule has 1 saturated carbocycles. The molecule has 0 spiro atoms. The van der Waals surface area contributed by atoms with Crippen molar-refractivity contribution in [2.45, 2.75) is 31.9 Å². The van der Waals surface area contributed by atoms with Crippen molar-refractivity contribution in [3.05, 3.63) is 0 Å². The lowest BCUT2D eigenvalue weighted by atomic mass is 9.89. The molecule has 1 saturated heterocycles. The van der Waals surface area contributed by atoms with Crippen LogP contribution in [0, 0.1) is 0 Å². The van der Waals surface area contributed by atoms with Gasteiger partial charge in [0.15, 0.2) is 0 Å². The summed E-state index contributed by atoms with van der Waals surface area (Å²) in [5.41, 5.74) is 0. The molecule has 2 N–H and O–H groups in total. The van der Waals surface area contributed by atoms with Gasteiger partial charge in [0.2, 0.25) is 0 Å². The number of amides is 2. The Morgan fingerprint density at radius 3 is 3.00 bits per heavy atom. The van der Waals surface area contributed by atoms with Gasteiger partial charge in [0.25, 0.3) is 0 Å². The number of carbonyl (C=O) groups is 1. The molecule has 0 unspecified atom stereocenters. The van der Waals surface area contributed by atoms with Crippen LogP contribution in [0.1, 0.15) is 19.8 Å². The third kappa shape index (κ3) is 2.86. The molecular formula is C11H21N3O2. The highest BCUT2D eigenvalue weighted by atomic mass is 16.5. The Balaban J connectivity index is 1.51. The summed E-state index contributed by atoms with van der Waals surface area (Å²) >= 11 is 0. The zero-order valence-corrected chi connectivity index (χ0v) is 9.87. The number of hydrogen-bond acceptors (Lipinski definition) is 3. The molecule has 1 heterocycles. The van der Waals surface area contributed by atoms with Gasteiger partial charge in [0.1, 0.15) is 0 Å². The molecule has 0 aromatic rings. The molecule has 5 heteroatoms. The lowest BCUT2D eigenvalue weighted by Gasteiger charge is -2.35. The lowest BCUT2D eigenvalue weighted by Crippen LogP contribution is -2.47. The SMILES string of the molecule is CCOC1CC(NCCN2CCNC2=O)C1. The van der Waals surface area contributed by atoms with Crippen molar-refractivity contribution in [1.29, 1.82) is 0 Å². The second-order valence-corrected chi connectivity index (χ2v) is 4.42. The third-order valence-corrected chi connectivity index (χ3v) is 3.26. The number of rotatable bonds is 6. The maximum atomic E-state index is 11.2. The van der Waals surface area contributed by atoms with Crippen LogP contribution < -0.4 is 10.6 Å². The van der Waals surface area contributed by atoms with E-state index in [9.17, 15) is 4.79 Å². The van der Waals surface area contributed by atoms with Gasteiger partial charge < -0.3 is 20.3 Å². The van der Waals surface area contributed by atoms with Crippen molar-refractivity contribution >= 4 is 6.03 Å².